The molecule has 0 saturated carbocycles. The highest BCUT2D eigenvalue weighted by molar-refractivity contribution is 7.91. The molecule has 0 fully saturated rings. The van der Waals surface area contributed by atoms with Gasteiger partial charge in [-0.1, -0.05) is 23.8 Å². The lowest BCUT2D eigenvalue weighted by atomic mass is 10.1. The maximum Gasteiger partial charge on any atom is 0.251 e. The summed E-state index contributed by atoms with van der Waals surface area (Å²) in [6, 6.07) is 14.9. The van der Waals surface area contributed by atoms with Crippen LogP contribution in [0.25, 0.3) is 0 Å². The second kappa shape index (κ2) is 8.31. The number of aromatic nitrogens is 1. The number of halogens is 1. The minimum absolute atomic E-state index is 0.0208. The zero-order valence-corrected chi connectivity index (χ0v) is 16.0. The number of hydrogen-bond acceptors (Lipinski definition) is 4. The van der Waals surface area contributed by atoms with Gasteiger partial charge in [-0.05, 0) is 55.0 Å². The van der Waals surface area contributed by atoms with Crippen LogP contribution in [0.1, 0.15) is 26.7 Å². The Morgan fingerprint density at radius 2 is 1.86 bits per heavy atom. The Hall–Kier alpha value is -3.06. The van der Waals surface area contributed by atoms with Crippen LogP contribution >= 0.6 is 0 Å². The number of carbonyl (C=O) groups is 1. The van der Waals surface area contributed by atoms with Crippen molar-refractivity contribution in [3.05, 3.63) is 95.6 Å². The molecule has 0 radical (unpaired) electrons. The van der Waals surface area contributed by atoms with Crippen molar-refractivity contribution in [3.8, 4) is 0 Å². The van der Waals surface area contributed by atoms with Gasteiger partial charge in [0.15, 0.2) is 9.84 Å². The highest BCUT2D eigenvalue weighted by Crippen LogP contribution is 2.28. The Bertz CT molecular complexity index is 1070. The molecular weight excluding hydrogens is 379 g/mol. The van der Waals surface area contributed by atoms with Gasteiger partial charge < -0.3 is 5.32 Å². The van der Waals surface area contributed by atoms with E-state index < -0.39 is 20.9 Å². The van der Waals surface area contributed by atoms with E-state index in [2.05, 4.69) is 10.3 Å². The summed E-state index contributed by atoms with van der Waals surface area (Å²) in [6.45, 7) is 1.73. The van der Waals surface area contributed by atoms with E-state index in [4.69, 9.17) is 0 Å². The molecule has 1 amide bonds. The van der Waals surface area contributed by atoms with Crippen molar-refractivity contribution >= 4 is 15.7 Å². The fourth-order valence-electron chi connectivity index (χ4n) is 2.84. The number of benzene rings is 2. The molecule has 2 aromatic carbocycles. The molecule has 0 spiro atoms. The second-order valence-corrected chi connectivity index (χ2v) is 8.48. The maximum absolute atomic E-state index is 13.2. The SMILES string of the molecule is Cc1cccc(C(=O)NCC(c2cccnc2)S(=O)(=O)c2ccc(F)cc2)c1. The van der Waals surface area contributed by atoms with Crippen LogP contribution in [-0.4, -0.2) is 25.9 Å². The Morgan fingerprint density at radius 3 is 2.50 bits per heavy atom. The Kier molecular flexibility index (Phi) is 5.84. The van der Waals surface area contributed by atoms with Gasteiger partial charge in [0.25, 0.3) is 5.91 Å². The smallest absolute Gasteiger partial charge is 0.251 e. The van der Waals surface area contributed by atoms with Crippen molar-refractivity contribution in [1.82, 2.24) is 10.3 Å². The van der Waals surface area contributed by atoms with E-state index in [0.717, 1.165) is 17.7 Å². The number of hydrogen-bond donors (Lipinski definition) is 1. The molecule has 1 heterocycles. The van der Waals surface area contributed by atoms with Crippen LogP contribution in [-0.2, 0) is 9.84 Å². The summed E-state index contributed by atoms with van der Waals surface area (Å²) in [5.41, 5.74) is 1.82. The van der Waals surface area contributed by atoms with E-state index >= 15 is 0 Å². The summed E-state index contributed by atoms with van der Waals surface area (Å²) in [4.78, 5) is 16.4. The van der Waals surface area contributed by atoms with Crippen LogP contribution in [0.4, 0.5) is 4.39 Å². The largest absolute Gasteiger partial charge is 0.350 e. The van der Waals surface area contributed by atoms with Gasteiger partial charge in [0, 0.05) is 24.5 Å². The Morgan fingerprint density at radius 1 is 1.11 bits per heavy atom. The van der Waals surface area contributed by atoms with Crippen LogP contribution in [0.5, 0.6) is 0 Å². The molecule has 0 aliphatic carbocycles. The fraction of sp³-hybridized carbons (Fsp3) is 0.143. The molecule has 1 atom stereocenters. The van der Waals surface area contributed by atoms with Gasteiger partial charge in [-0.15, -0.1) is 0 Å². The quantitative estimate of drug-likeness (QED) is 0.645. The van der Waals surface area contributed by atoms with Gasteiger partial charge in [-0.3, -0.25) is 9.78 Å². The van der Waals surface area contributed by atoms with E-state index in [1.165, 1.54) is 24.5 Å². The molecule has 0 saturated heterocycles. The van der Waals surface area contributed by atoms with E-state index in [9.17, 15) is 17.6 Å². The number of rotatable bonds is 6. The molecule has 0 aliphatic rings. The molecular formula is C21H19FN2O3S. The van der Waals surface area contributed by atoms with Crippen LogP contribution in [0.3, 0.4) is 0 Å². The van der Waals surface area contributed by atoms with E-state index in [1.54, 1.807) is 30.3 Å². The molecule has 0 bridgehead atoms. The lowest BCUT2D eigenvalue weighted by Gasteiger charge is -2.19. The summed E-state index contributed by atoms with van der Waals surface area (Å²) in [5, 5.41) is 1.64. The molecule has 3 aromatic rings. The monoisotopic (exact) mass is 398 g/mol. The normalized spacial score (nSPS) is 12.4. The summed E-state index contributed by atoms with van der Waals surface area (Å²) < 4.78 is 39.5. The molecule has 28 heavy (non-hydrogen) atoms. The number of pyridine rings is 1. The standard InChI is InChI=1S/C21H19FN2O3S/c1-15-4-2-5-16(12-15)21(25)24-14-20(17-6-3-11-23-13-17)28(26,27)19-9-7-18(22)8-10-19/h2-13,20H,14H2,1H3,(H,24,25). The van der Waals surface area contributed by atoms with Crippen molar-refractivity contribution in [2.75, 3.05) is 6.54 Å². The Labute approximate surface area is 163 Å². The first kappa shape index (κ1) is 19.7. The molecule has 1 aromatic heterocycles. The van der Waals surface area contributed by atoms with Gasteiger partial charge in [0.2, 0.25) is 0 Å². The van der Waals surface area contributed by atoms with Crippen molar-refractivity contribution in [3.63, 3.8) is 0 Å². The number of nitrogens with zero attached hydrogens (tertiary/aromatic N) is 1. The number of amides is 1. The predicted molar refractivity (Wildman–Crippen MR) is 104 cm³/mol. The summed E-state index contributed by atoms with van der Waals surface area (Å²) in [6.07, 6.45) is 2.99. The summed E-state index contributed by atoms with van der Waals surface area (Å²) in [7, 11) is -3.88. The number of nitrogens with one attached hydrogen (secondary N) is 1. The minimum Gasteiger partial charge on any atom is -0.350 e. The van der Waals surface area contributed by atoms with Gasteiger partial charge in [0.1, 0.15) is 11.1 Å². The van der Waals surface area contributed by atoms with Crippen LogP contribution < -0.4 is 5.32 Å². The van der Waals surface area contributed by atoms with E-state index in [0.29, 0.717) is 11.1 Å². The van der Waals surface area contributed by atoms with Crippen LogP contribution in [0, 0.1) is 12.7 Å². The number of sulfone groups is 1. The van der Waals surface area contributed by atoms with Gasteiger partial charge in [0.05, 0.1) is 4.90 Å². The van der Waals surface area contributed by atoms with E-state index in [1.807, 2.05) is 13.0 Å². The number of carbonyl (C=O) groups excluding carboxylic acids is 1. The lowest BCUT2D eigenvalue weighted by Crippen LogP contribution is -2.32. The average Bonchev–Trinajstić information content (AvgIpc) is 2.69. The predicted octanol–water partition coefficient (Wildman–Crippen LogP) is 3.47. The van der Waals surface area contributed by atoms with Crippen molar-refractivity contribution < 1.29 is 17.6 Å². The third-order valence-electron chi connectivity index (χ3n) is 4.30. The maximum atomic E-state index is 13.2. The van der Waals surface area contributed by atoms with Gasteiger partial charge >= 0.3 is 0 Å². The molecule has 1 unspecified atom stereocenters. The van der Waals surface area contributed by atoms with Crippen molar-refractivity contribution in [2.24, 2.45) is 0 Å². The first-order valence-electron chi connectivity index (χ1n) is 8.62. The zero-order chi connectivity index (χ0) is 20.1. The molecule has 3 rings (SSSR count). The van der Waals surface area contributed by atoms with Crippen LogP contribution in [0.15, 0.2) is 78.0 Å². The van der Waals surface area contributed by atoms with Crippen molar-refractivity contribution in [2.45, 2.75) is 17.1 Å². The van der Waals surface area contributed by atoms with E-state index in [-0.39, 0.29) is 17.3 Å². The fourth-order valence-corrected chi connectivity index (χ4v) is 4.48. The molecule has 1 N–H and O–H groups in total. The summed E-state index contributed by atoms with van der Waals surface area (Å²) in [5.74, 6) is -0.892. The number of aryl methyl sites for hydroxylation is 1. The molecule has 144 valence electrons. The van der Waals surface area contributed by atoms with Gasteiger partial charge in [-0.25, -0.2) is 12.8 Å². The first-order valence-corrected chi connectivity index (χ1v) is 10.2. The third-order valence-corrected chi connectivity index (χ3v) is 6.42. The first-order chi connectivity index (χ1) is 13.4. The highest BCUT2D eigenvalue weighted by Gasteiger charge is 2.30. The average molecular weight is 398 g/mol. The molecule has 0 aliphatic heterocycles. The van der Waals surface area contributed by atoms with Crippen molar-refractivity contribution in [1.29, 1.82) is 0 Å². The third kappa shape index (κ3) is 4.43. The minimum atomic E-state index is -3.88. The Balaban J connectivity index is 1.90. The van der Waals surface area contributed by atoms with Crippen LogP contribution in [0.2, 0.25) is 0 Å². The molecule has 7 heteroatoms. The lowest BCUT2D eigenvalue weighted by molar-refractivity contribution is 0.0953. The topological polar surface area (TPSA) is 76.1 Å². The zero-order valence-electron chi connectivity index (χ0n) is 15.2. The molecule has 5 nitrogen and oxygen atoms in total. The summed E-state index contributed by atoms with van der Waals surface area (Å²) >= 11 is 0. The highest BCUT2D eigenvalue weighted by atomic mass is 32.2. The second-order valence-electron chi connectivity index (χ2n) is 6.35. The van der Waals surface area contributed by atoms with Gasteiger partial charge in [-0.2, -0.15) is 0 Å².